The molecule has 1 unspecified atom stereocenters. The Kier molecular flexibility index (Phi) is 8.03. The van der Waals surface area contributed by atoms with Crippen LogP contribution in [0.1, 0.15) is 24.2 Å². The number of guanidine groups is 1. The molecule has 146 valence electrons. The van der Waals surface area contributed by atoms with Crippen molar-refractivity contribution in [1.82, 2.24) is 10.6 Å². The van der Waals surface area contributed by atoms with Crippen LogP contribution in [0.15, 0.2) is 41.4 Å². The quantitative estimate of drug-likeness (QED) is 0.413. The summed E-state index contributed by atoms with van der Waals surface area (Å²) in [6, 6.07) is 9.91. The molecule has 0 saturated carbocycles. The molecule has 0 aliphatic carbocycles. The van der Waals surface area contributed by atoms with Crippen molar-refractivity contribution in [2.24, 2.45) is 4.99 Å². The Labute approximate surface area is 168 Å². The molecule has 2 aromatic carbocycles. The lowest BCUT2D eigenvalue weighted by molar-refractivity contribution is 0.181. The molecule has 0 aromatic heterocycles. The Morgan fingerprint density at radius 2 is 1.85 bits per heavy atom. The number of rotatable bonds is 7. The van der Waals surface area contributed by atoms with E-state index in [4.69, 9.17) is 27.9 Å². The number of hydrogen-bond donors (Lipinski definition) is 4. The molecule has 0 aliphatic rings. The van der Waals surface area contributed by atoms with E-state index in [0.29, 0.717) is 39.4 Å². The minimum absolute atomic E-state index is 0.143. The van der Waals surface area contributed by atoms with Crippen LogP contribution in [0.2, 0.25) is 10.0 Å². The number of ether oxygens (including phenoxy) is 1. The first-order valence-electron chi connectivity index (χ1n) is 8.45. The number of aromatic hydroxyl groups is 1. The Morgan fingerprint density at radius 3 is 2.48 bits per heavy atom. The molecule has 6 nitrogen and oxygen atoms in total. The van der Waals surface area contributed by atoms with Crippen LogP contribution in [-0.2, 0) is 6.54 Å². The zero-order chi connectivity index (χ0) is 19.8. The number of phenols is 1. The van der Waals surface area contributed by atoms with Crippen LogP contribution in [0, 0.1) is 0 Å². The van der Waals surface area contributed by atoms with Crippen molar-refractivity contribution in [2.45, 2.75) is 19.6 Å². The lowest BCUT2D eigenvalue weighted by Crippen LogP contribution is -2.39. The molecule has 0 spiro atoms. The summed E-state index contributed by atoms with van der Waals surface area (Å²) in [7, 11) is 1.56. The van der Waals surface area contributed by atoms with Gasteiger partial charge in [-0.2, -0.15) is 0 Å². The van der Waals surface area contributed by atoms with E-state index in [1.54, 1.807) is 43.5 Å². The number of halogens is 2. The molecule has 27 heavy (non-hydrogen) atoms. The number of benzene rings is 2. The third kappa shape index (κ3) is 6.50. The molecule has 1 atom stereocenters. The van der Waals surface area contributed by atoms with Gasteiger partial charge in [-0.05, 0) is 48.9 Å². The van der Waals surface area contributed by atoms with E-state index in [1.165, 1.54) is 0 Å². The number of aliphatic imine (C=N–C) groups is 1. The van der Waals surface area contributed by atoms with Crippen molar-refractivity contribution in [3.8, 4) is 11.5 Å². The van der Waals surface area contributed by atoms with Gasteiger partial charge in [-0.3, -0.25) is 0 Å². The summed E-state index contributed by atoms with van der Waals surface area (Å²) in [6.45, 7) is 3.05. The maximum Gasteiger partial charge on any atom is 0.191 e. The largest absolute Gasteiger partial charge is 0.508 e. The summed E-state index contributed by atoms with van der Waals surface area (Å²) in [5, 5.41) is 27.4. The Bertz CT molecular complexity index is 780. The second-order valence-corrected chi connectivity index (χ2v) is 6.66. The monoisotopic (exact) mass is 411 g/mol. The number of phenolic OH excluding ortho intramolecular Hbond substituents is 1. The van der Waals surface area contributed by atoms with Crippen molar-refractivity contribution in [3.63, 3.8) is 0 Å². The first-order valence-corrected chi connectivity index (χ1v) is 9.20. The molecule has 0 fully saturated rings. The van der Waals surface area contributed by atoms with Gasteiger partial charge < -0.3 is 25.6 Å². The predicted octanol–water partition coefficient (Wildman–Crippen LogP) is 3.50. The number of nitrogens with zero attached hydrogens (tertiary/aromatic N) is 1. The minimum Gasteiger partial charge on any atom is -0.508 e. The van der Waals surface area contributed by atoms with Gasteiger partial charge in [0.1, 0.15) is 11.5 Å². The zero-order valence-electron chi connectivity index (χ0n) is 15.2. The SMILES string of the molecule is CCNC(=NCc1cc(OC)ccc1O)NCC(O)c1cc(Cl)cc(Cl)c1. The van der Waals surface area contributed by atoms with Gasteiger partial charge in [0.2, 0.25) is 0 Å². The van der Waals surface area contributed by atoms with Crippen LogP contribution < -0.4 is 15.4 Å². The molecule has 0 amide bonds. The van der Waals surface area contributed by atoms with Crippen molar-refractivity contribution >= 4 is 29.2 Å². The predicted molar refractivity (Wildman–Crippen MR) is 109 cm³/mol. The number of aliphatic hydroxyl groups excluding tert-OH is 1. The molecule has 0 saturated heterocycles. The molecule has 0 radical (unpaired) electrons. The van der Waals surface area contributed by atoms with Crippen molar-refractivity contribution < 1.29 is 14.9 Å². The van der Waals surface area contributed by atoms with Gasteiger partial charge in [-0.25, -0.2) is 4.99 Å². The van der Waals surface area contributed by atoms with Gasteiger partial charge in [0.15, 0.2) is 5.96 Å². The smallest absolute Gasteiger partial charge is 0.191 e. The molecular formula is C19H23Cl2N3O3. The lowest BCUT2D eigenvalue weighted by atomic mass is 10.1. The first kappa shape index (κ1) is 21.2. The van der Waals surface area contributed by atoms with Crippen LogP contribution in [0.4, 0.5) is 0 Å². The molecule has 2 rings (SSSR count). The van der Waals surface area contributed by atoms with Crippen LogP contribution in [0.25, 0.3) is 0 Å². The summed E-state index contributed by atoms with van der Waals surface area (Å²) >= 11 is 12.0. The summed E-state index contributed by atoms with van der Waals surface area (Å²) < 4.78 is 5.17. The standard InChI is InChI=1S/C19H23Cl2N3O3/c1-3-22-19(23-10-13-8-16(27-2)4-5-17(13)25)24-11-18(26)12-6-14(20)9-15(21)7-12/h4-9,18,25-26H,3,10-11H2,1-2H3,(H2,22,23,24). The second kappa shape index (κ2) is 10.3. The third-order valence-corrected chi connectivity index (χ3v) is 4.21. The Balaban J connectivity index is 2.05. The average molecular weight is 412 g/mol. The van der Waals surface area contributed by atoms with Crippen molar-refractivity contribution in [1.29, 1.82) is 0 Å². The second-order valence-electron chi connectivity index (χ2n) is 5.79. The molecular weight excluding hydrogens is 389 g/mol. The van der Waals surface area contributed by atoms with E-state index in [9.17, 15) is 10.2 Å². The van der Waals surface area contributed by atoms with E-state index in [1.807, 2.05) is 6.92 Å². The van der Waals surface area contributed by atoms with Gasteiger partial charge in [0.05, 0.1) is 19.8 Å². The highest BCUT2D eigenvalue weighted by molar-refractivity contribution is 6.34. The van der Waals surface area contributed by atoms with Crippen LogP contribution >= 0.6 is 23.2 Å². The van der Waals surface area contributed by atoms with E-state index < -0.39 is 6.10 Å². The molecule has 0 heterocycles. The number of aliphatic hydroxyl groups is 1. The Hall–Kier alpha value is -2.15. The lowest BCUT2D eigenvalue weighted by Gasteiger charge is -2.16. The maximum atomic E-state index is 10.4. The van der Waals surface area contributed by atoms with E-state index in [0.717, 1.165) is 0 Å². The summed E-state index contributed by atoms with van der Waals surface area (Å²) in [5.41, 5.74) is 1.25. The zero-order valence-corrected chi connectivity index (χ0v) is 16.7. The van der Waals surface area contributed by atoms with Gasteiger partial charge in [0, 0.05) is 28.7 Å². The van der Waals surface area contributed by atoms with Crippen molar-refractivity contribution in [2.75, 3.05) is 20.2 Å². The highest BCUT2D eigenvalue weighted by atomic mass is 35.5. The van der Waals surface area contributed by atoms with Gasteiger partial charge in [0.25, 0.3) is 0 Å². The van der Waals surface area contributed by atoms with E-state index >= 15 is 0 Å². The molecule has 2 aromatic rings. The fraction of sp³-hybridized carbons (Fsp3) is 0.316. The average Bonchev–Trinajstić information content (AvgIpc) is 2.64. The number of nitrogens with one attached hydrogen (secondary N) is 2. The van der Waals surface area contributed by atoms with Crippen LogP contribution in [0.5, 0.6) is 11.5 Å². The van der Waals surface area contributed by atoms with E-state index in [-0.39, 0.29) is 18.8 Å². The van der Waals surface area contributed by atoms with Gasteiger partial charge in [-0.15, -0.1) is 0 Å². The number of hydrogen-bond acceptors (Lipinski definition) is 4. The molecule has 0 aliphatic heterocycles. The third-order valence-electron chi connectivity index (χ3n) is 3.77. The van der Waals surface area contributed by atoms with Crippen molar-refractivity contribution in [3.05, 3.63) is 57.6 Å². The molecule has 0 bridgehead atoms. The summed E-state index contributed by atoms with van der Waals surface area (Å²) in [4.78, 5) is 4.44. The fourth-order valence-corrected chi connectivity index (χ4v) is 2.94. The number of methoxy groups -OCH3 is 1. The highest BCUT2D eigenvalue weighted by Gasteiger charge is 2.11. The van der Waals surface area contributed by atoms with Crippen LogP contribution in [-0.4, -0.2) is 36.4 Å². The fourth-order valence-electron chi connectivity index (χ4n) is 2.40. The highest BCUT2D eigenvalue weighted by Crippen LogP contribution is 2.24. The van der Waals surface area contributed by atoms with Crippen LogP contribution in [0.3, 0.4) is 0 Å². The van der Waals surface area contributed by atoms with Gasteiger partial charge >= 0.3 is 0 Å². The molecule has 4 N–H and O–H groups in total. The molecule has 8 heteroatoms. The topological polar surface area (TPSA) is 86.1 Å². The normalized spacial score (nSPS) is 12.6. The maximum absolute atomic E-state index is 10.4. The summed E-state index contributed by atoms with van der Waals surface area (Å²) in [6.07, 6.45) is -0.810. The Morgan fingerprint density at radius 1 is 1.15 bits per heavy atom. The minimum atomic E-state index is -0.810. The summed E-state index contributed by atoms with van der Waals surface area (Å²) in [5.74, 6) is 1.29. The first-order chi connectivity index (χ1) is 12.9. The van der Waals surface area contributed by atoms with E-state index in [2.05, 4.69) is 15.6 Å². The van der Waals surface area contributed by atoms with Gasteiger partial charge in [-0.1, -0.05) is 23.2 Å².